The molecule has 5 rings (SSSR count). The van der Waals surface area contributed by atoms with Crippen molar-refractivity contribution in [2.24, 2.45) is 5.92 Å². The summed E-state index contributed by atoms with van der Waals surface area (Å²) in [6.45, 7) is 8.05. The van der Waals surface area contributed by atoms with E-state index < -0.39 is 10.0 Å². The number of piperidine rings is 2. The van der Waals surface area contributed by atoms with Gasteiger partial charge in [0.05, 0.1) is 12.3 Å². The van der Waals surface area contributed by atoms with E-state index in [0.29, 0.717) is 54.9 Å². The summed E-state index contributed by atoms with van der Waals surface area (Å²) in [4.78, 5) is 17.6. The molecule has 12 heteroatoms. The number of fused-ring (bicyclic) bond motifs is 2. The molecule has 40 heavy (non-hydrogen) atoms. The smallest absolute Gasteiger partial charge is 0.223 e. The maximum Gasteiger partial charge on any atom is 0.223 e. The van der Waals surface area contributed by atoms with E-state index in [0.717, 1.165) is 42.3 Å². The van der Waals surface area contributed by atoms with Gasteiger partial charge in [-0.15, -0.1) is 21.5 Å². The van der Waals surface area contributed by atoms with Gasteiger partial charge >= 0.3 is 0 Å². The van der Waals surface area contributed by atoms with Gasteiger partial charge in [0.1, 0.15) is 22.6 Å². The average molecular weight is 588 g/mol. The number of carbonyl (C=O) groups excluding carboxylic acids is 1. The summed E-state index contributed by atoms with van der Waals surface area (Å²) in [5.41, 5.74) is 0. The van der Waals surface area contributed by atoms with Gasteiger partial charge < -0.3 is 9.88 Å². The number of aromatic nitrogens is 3. The number of thiophene rings is 1. The van der Waals surface area contributed by atoms with E-state index in [1.807, 2.05) is 12.1 Å². The molecule has 0 aliphatic carbocycles. The molecule has 218 valence electrons. The Morgan fingerprint density at radius 3 is 2.38 bits per heavy atom. The molecule has 10 nitrogen and oxygen atoms in total. The number of amides is 1. The van der Waals surface area contributed by atoms with Crippen molar-refractivity contribution in [2.45, 2.75) is 95.8 Å². The highest BCUT2D eigenvalue weighted by Gasteiger charge is 2.42. The number of nitrogens with one attached hydrogen (secondary N) is 1. The van der Waals surface area contributed by atoms with Crippen LogP contribution in [0.1, 0.15) is 98.2 Å². The predicted octanol–water partition coefficient (Wildman–Crippen LogP) is 3.73. The van der Waals surface area contributed by atoms with Crippen LogP contribution in [-0.2, 0) is 14.8 Å². The van der Waals surface area contributed by atoms with Crippen LogP contribution in [0.15, 0.2) is 12.1 Å². The van der Waals surface area contributed by atoms with Crippen molar-refractivity contribution in [1.29, 1.82) is 5.26 Å². The molecule has 3 atom stereocenters. The second-order valence-corrected chi connectivity index (χ2v) is 15.1. The van der Waals surface area contributed by atoms with Gasteiger partial charge in [0.15, 0.2) is 0 Å². The molecule has 2 aromatic rings. The van der Waals surface area contributed by atoms with Crippen molar-refractivity contribution in [3.63, 3.8) is 0 Å². The largest absolute Gasteiger partial charge is 0.348 e. The molecule has 2 aromatic heterocycles. The third-order valence-electron chi connectivity index (χ3n) is 9.00. The van der Waals surface area contributed by atoms with Crippen LogP contribution in [0.3, 0.4) is 0 Å². The average Bonchev–Trinajstić information content (AvgIpc) is 3.61. The van der Waals surface area contributed by atoms with Gasteiger partial charge in [-0.2, -0.15) is 5.26 Å². The molecule has 3 fully saturated rings. The van der Waals surface area contributed by atoms with Crippen molar-refractivity contribution >= 4 is 27.3 Å². The summed E-state index contributed by atoms with van der Waals surface area (Å²) in [6.07, 6.45) is 7.60. The highest BCUT2D eigenvalue weighted by Crippen LogP contribution is 2.42. The number of rotatable bonds is 9. The molecule has 2 bridgehead atoms. The second kappa shape index (κ2) is 11.9. The van der Waals surface area contributed by atoms with Crippen molar-refractivity contribution in [2.75, 3.05) is 25.9 Å². The van der Waals surface area contributed by atoms with E-state index >= 15 is 0 Å². The molecule has 2 unspecified atom stereocenters. The molecule has 3 aliphatic rings. The second-order valence-electron chi connectivity index (χ2n) is 12.0. The minimum Gasteiger partial charge on any atom is -0.348 e. The summed E-state index contributed by atoms with van der Waals surface area (Å²) >= 11 is 1.44. The zero-order valence-electron chi connectivity index (χ0n) is 23.9. The number of nitrogens with zero attached hydrogens (tertiary/aromatic N) is 6. The summed E-state index contributed by atoms with van der Waals surface area (Å²) in [7, 11) is -3.24. The fourth-order valence-corrected chi connectivity index (χ4v) is 8.72. The molecule has 1 amide bonds. The lowest BCUT2D eigenvalue weighted by Crippen LogP contribution is -2.46. The Labute approximate surface area is 241 Å². The summed E-state index contributed by atoms with van der Waals surface area (Å²) in [5, 5.41) is 21.5. The van der Waals surface area contributed by atoms with E-state index in [9.17, 15) is 18.5 Å². The lowest BCUT2D eigenvalue weighted by molar-refractivity contribution is -0.127. The topological polar surface area (TPSA) is 124 Å². The minimum atomic E-state index is -3.24. The van der Waals surface area contributed by atoms with Gasteiger partial charge in [0, 0.05) is 54.5 Å². The monoisotopic (exact) mass is 587 g/mol. The highest BCUT2D eigenvalue weighted by molar-refractivity contribution is 7.88. The Bertz CT molecular complexity index is 1340. The predicted molar refractivity (Wildman–Crippen MR) is 154 cm³/mol. The van der Waals surface area contributed by atoms with Crippen LogP contribution in [0.5, 0.6) is 0 Å². The standard InChI is InChI=1S/C28H41N7O3S2/c1-18(2)27-32-31-19(3)35(27)23-15-21-5-6-22(16-23)34(21)14-11-25(26-8-7-24(17-29)39-26)30-28(36)20-9-12-33(13-10-20)40(4,37)38/h7-8,18,20-23,25H,5-6,9-16H2,1-4H3,(H,30,36)/t21?,22?,23?,25-/m0/s1. The van der Waals surface area contributed by atoms with E-state index in [1.165, 1.54) is 34.7 Å². The van der Waals surface area contributed by atoms with Crippen LogP contribution < -0.4 is 5.32 Å². The molecule has 1 N–H and O–H groups in total. The van der Waals surface area contributed by atoms with Crippen LogP contribution >= 0.6 is 11.3 Å². The molecule has 0 aromatic carbocycles. The van der Waals surface area contributed by atoms with Crippen LogP contribution in [0.2, 0.25) is 0 Å². The first kappa shape index (κ1) is 29.2. The highest BCUT2D eigenvalue weighted by atomic mass is 32.2. The Kier molecular flexibility index (Phi) is 8.66. The maximum atomic E-state index is 13.3. The van der Waals surface area contributed by atoms with Gasteiger partial charge in [-0.1, -0.05) is 13.8 Å². The van der Waals surface area contributed by atoms with Gasteiger partial charge in [0.2, 0.25) is 15.9 Å². The third-order valence-corrected chi connectivity index (χ3v) is 11.4. The molecule has 0 spiro atoms. The van der Waals surface area contributed by atoms with Crippen LogP contribution in [0, 0.1) is 24.2 Å². The van der Waals surface area contributed by atoms with E-state index in [-0.39, 0.29) is 17.9 Å². The first-order valence-electron chi connectivity index (χ1n) is 14.5. The summed E-state index contributed by atoms with van der Waals surface area (Å²) in [5.74, 6) is 2.19. The van der Waals surface area contributed by atoms with Crippen molar-refractivity contribution < 1.29 is 13.2 Å². The van der Waals surface area contributed by atoms with Crippen molar-refractivity contribution in [3.8, 4) is 6.07 Å². The zero-order valence-corrected chi connectivity index (χ0v) is 25.5. The van der Waals surface area contributed by atoms with Gasteiger partial charge in [-0.3, -0.25) is 9.69 Å². The molecule has 0 radical (unpaired) electrons. The Morgan fingerprint density at radius 1 is 1.12 bits per heavy atom. The first-order valence-corrected chi connectivity index (χ1v) is 17.1. The number of hydrogen-bond donors (Lipinski definition) is 1. The Morgan fingerprint density at radius 2 is 1.80 bits per heavy atom. The van der Waals surface area contributed by atoms with E-state index in [1.54, 1.807) is 0 Å². The quantitative estimate of drug-likeness (QED) is 0.474. The van der Waals surface area contributed by atoms with Crippen molar-refractivity contribution in [1.82, 2.24) is 29.3 Å². The number of carbonyl (C=O) groups is 1. The lowest BCUT2D eigenvalue weighted by atomic mass is 9.95. The maximum absolute atomic E-state index is 13.3. The van der Waals surface area contributed by atoms with Gasteiger partial charge in [-0.05, 0) is 64.0 Å². The lowest BCUT2D eigenvalue weighted by Gasteiger charge is -2.40. The fraction of sp³-hybridized carbons (Fsp3) is 0.714. The Hall–Kier alpha value is -2.33. The zero-order chi connectivity index (χ0) is 28.6. The van der Waals surface area contributed by atoms with Crippen LogP contribution in [0.4, 0.5) is 0 Å². The summed E-state index contributed by atoms with van der Waals surface area (Å²) < 4.78 is 27.6. The molecular weight excluding hydrogens is 546 g/mol. The van der Waals surface area contributed by atoms with Gasteiger partial charge in [0.25, 0.3) is 0 Å². The molecule has 5 heterocycles. The molecule has 3 saturated heterocycles. The van der Waals surface area contributed by atoms with Crippen molar-refractivity contribution in [3.05, 3.63) is 33.5 Å². The number of aryl methyl sites for hydroxylation is 1. The first-order chi connectivity index (χ1) is 19.0. The molecule has 0 saturated carbocycles. The van der Waals surface area contributed by atoms with E-state index in [4.69, 9.17) is 0 Å². The van der Waals surface area contributed by atoms with Crippen LogP contribution in [0.25, 0.3) is 0 Å². The number of sulfonamides is 1. The van der Waals surface area contributed by atoms with E-state index in [2.05, 4.69) is 51.8 Å². The number of nitriles is 1. The SMILES string of the molecule is Cc1nnc(C(C)C)n1C1CC2CCC(C1)N2CC[C@H](NC(=O)C1CCN(S(C)(=O)=O)CC1)c1ccc(C#N)s1. The fourth-order valence-electron chi connectivity index (χ4n) is 6.96. The molecular formula is C28H41N7O3S2. The summed E-state index contributed by atoms with van der Waals surface area (Å²) in [6, 6.07) is 7.26. The number of hydrogen-bond acceptors (Lipinski definition) is 8. The third kappa shape index (κ3) is 6.12. The molecule has 3 aliphatic heterocycles. The minimum absolute atomic E-state index is 0.0176. The van der Waals surface area contributed by atoms with Gasteiger partial charge in [-0.25, -0.2) is 12.7 Å². The Balaban J connectivity index is 1.24. The van der Waals surface area contributed by atoms with Crippen LogP contribution in [-0.4, -0.2) is 76.3 Å². The normalized spacial score (nSPS) is 25.2.